The Balaban J connectivity index is 0.000000489. The van der Waals surface area contributed by atoms with Gasteiger partial charge in [0.2, 0.25) is 0 Å². The van der Waals surface area contributed by atoms with Crippen molar-refractivity contribution >= 4 is 0 Å². The molecule has 20 heteroatoms. The van der Waals surface area contributed by atoms with Gasteiger partial charge in [-0.2, -0.15) is 36.8 Å². The van der Waals surface area contributed by atoms with Gasteiger partial charge in [0.05, 0.1) is 161 Å². The van der Waals surface area contributed by atoms with Crippen LogP contribution in [0.3, 0.4) is 0 Å². The Morgan fingerprint density at radius 2 is 0.718 bits per heavy atom. The highest BCUT2D eigenvalue weighted by atomic mass is 15.5. The van der Waals surface area contributed by atoms with Crippen molar-refractivity contribution in [2.45, 2.75) is 91.5 Å². The fourth-order valence-corrected chi connectivity index (χ4v) is 10.1. The van der Waals surface area contributed by atoms with Crippen LogP contribution >= 0.6 is 0 Å². The van der Waals surface area contributed by atoms with Crippen molar-refractivity contribution in [1.29, 1.82) is 36.8 Å². The minimum absolute atomic E-state index is 0.293. The van der Waals surface area contributed by atoms with Crippen LogP contribution in [-0.4, -0.2) is 259 Å². The number of rotatable bonds is 18. The van der Waals surface area contributed by atoms with Crippen molar-refractivity contribution in [3.8, 4) is 104 Å². The van der Waals surface area contributed by atoms with E-state index >= 15 is 0 Å². The average Bonchev–Trinajstić information content (AvgIpc) is 3.42. The van der Waals surface area contributed by atoms with E-state index in [4.69, 9.17) is 68.9 Å². The van der Waals surface area contributed by atoms with E-state index in [0.29, 0.717) is 122 Å². The summed E-state index contributed by atoms with van der Waals surface area (Å²) >= 11 is 0. The van der Waals surface area contributed by atoms with Gasteiger partial charge in [-0.1, -0.05) is 44.5 Å². The highest BCUT2D eigenvalue weighted by Gasteiger charge is 2.31. The molecule has 5 unspecified atom stereocenters. The molecule has 0 aromatic heterocycles. The topological polar surface area (TPSA) is 209 Å². The molecule has 0 saturated carbocycles. The molecule has 5 saturated heterocycles. The molecule has 20 nitrogen and oxygen atoms in total. The van der Waals surface area contributed by atoms with Crippen molar-refractivity contribution in [3.63, 3.8) is 0 Å². The summed E-state index contributed by atoms with van der Waals surface area (Å²) in [5.74, 6) is 13.8. The van der Waals surface area contributed by atoms with E-state index in [9.17, 15) is 0 Å². The minimum Gasteiger partial charge on any atom is -0.298 e. The predicted molar refractivity (Wildman–Crippen MR) is 305 cm³/mol. The standard InChI is InChI=1S/C13H19N5.C13H22N4.2C11H17N3.C10H13N5/c1-2-3-8-16-11-17(9-4-6-14)13-18(12-16)10-5-7-15;1-4-8-15-10-13(17(5-2)6-3)11-16(12-15)9-7-14;1-4-6-13-9-14(7-5-12)11(3)8-10(13)2;1-4-6-13-8-10(2)9-14(7-5-12)11(13)3;1-2-5-13-8-14(6-3-11)10-15(9-13)7-4-12/h1H,3-5,8-13H2;1,13H,5-6,8-12H2,2-3H3;2*1,10-11H,6-9H2,2-3H3;1H,5-10H2. The average molecular weight is 1070 g/mol. The van der Waals surface area contributed by atoms with Crippen LogP contribution in [-0.2, 0) is 0 Å². The fourth-order valence-electron chi connectivity index (χ4n) is 10.1. The number of nitriles is 7. The zero-order valence-electron chi connectivity index (χ0n) is 47.9. The van der Waals surface area contributed by atoms with E-state index in [0.717, 1.165) is 105 Å². The Bertz CT molecular complexity index is 2020. The van der Waals surface area contributed by atoms with Crippen LogP contribution in [0.25, 0.3) is 0 Å². The summed E-state index contributed by atoms with van der Waals surface area (Å²) in [6.07, 6.45) is 29.7. The molecule has 5 rings (SSSR count). The maximum atomic E-state index is 8.81. The van der Waals surface area contributed by atoms with E-state index in [1.54, 1.807) is 0 Å². The van der Waals surface area contributed by atoms with Crippen LogP contribution in [0.5, 0.6) is 0 Å². The van der Waals surface area contributed by atoms with Crippen molar-refractivity contribution < 1.29 is 0 Å². The maximum Gasteiger partial charge on any atom is 0.0886 e. The molecule has 0 amide bonds. The van der Waals surface area contributed by atoms with Gasteiger partial charge >= 0.3 is 0 Å². The number of likely N-dealkylation sites (N-methyl/N-ethyl adjacent to an activating group) is 1. The normalized spacial score (nSPS) is 23.2. The third kappa shape index (κ3) is 27.8. The first-order valence-electron chi connectivity index (χ1n) is 27.0. The van der Waals surface area contributed by atoms with Gasteiger partial charge in [-0.25, -0.2) is 0 Å². The molecule has 0 aromatic carbocycles. The molecule has 420 valence electrons. The third-order valence-electron chi connectivity index (χ3n) is 13.8. The molecular weight excluding hydrogens is 977 g/mol. The van der Waals surface area contributed by atoms with Gasteiger partial charge in [0.15, 0.2) is 0 Å². The zero-order valence-corrected chi connectivity index (χ0v) is 47.9. The smallest absolute Gasteiger partial charge is 0.0886 e. The van der Waals surface area contributed by atoms with Gasteiger partial charge in [0, 0.05) is 83.2 Å². The fraction of sp³-hybridized carbons (Fsp3) is 0.707. The van der Waals surface area contributed by atoms with Gasteiger partial charge in [-0.05, 0) is 46.2 Å². The summed E-state index contributed by atoms with van der Waals surface area (Å²) in [6.45, 7) is 32.5. The molecule has 0 bridgehead atoms. The van der Waals surface area contributed by atoms with E-state index in [1.807, 2.05) is 14.7 Å². The Hall–Kier alpha value is -6.29. The summed E-state index contributed by atoms with van der Waals surface area (Å²) in [5, 5.41) is 60.7. The van der Waals surface area contributed by atoms with E-state index in [1.165, 1.54) is 0 Å². The Kier molecular flexibility index (Phi) is 38.2. The second kappa shape index (κ2) is 42.7. The molecule has 0 aromatic rings. The van der Waals surface area contributed by atoms with Gasteiger partial charge in [0.25, 0.3) is 0 Å². The molecule has 0 N–H and O–H groups in total. The van der Waals surface area contributed by atoms with Crippen LogP contribution in [0, 0.1) is 147 Å². The summed E-state index contributed by atoms with van der Waals surface area (Å²) in [7, 11) is 0. The Morgan fingerprint density at radius 1 is 0.372 bits per heavy atom. The molecular formula is C58H88N20. The van der Waals surface area contributed by atoms with Crippen molar-refractivity contribution in [3.05, 3.63) is 0 Å². The van der Waals surface area contributed by atoms with E-state index < -0.39 is 0 Å². The van der Waals surface area contributed by atoms with Gasteiger partial charge in [0.1, 0.15) is 0 Å². The predicted octanol–water partition coefficient (Wildman–Crippen LogP) is 2.14. The molecule has 5 atom stereocenters. The lowest BCUT2D eigenvalue weighted by atomic mass is 10.0. The minimum atomic E-state index is 0.293. The lowest BCUT2D eigenvalue weighted by molar-refractivity contribution is -0.0260. The van der Waals surface area contributed by atoms with Crippen molar-refractivity contribution in [2.75, 3.05) is 171 Å². The van der Waals surface area contributed by atoms with Gasteiger partial charge in [-0.15, -0.1) is 38.0 Å². The number of terminal acetylenes is 5. The molecule has 5 aliphatic heterocycles. The first kappa shape index (κ1) is 69.7. The maximum absolute atomic E-state index is 8.81. The zero-order chi connectivity index (χ0) is 58.1. The van der Waals surface area contributed by atoms with Crippen LogP contribution in [0.15, 0.2) is 0 Å². The lowest BCUT2D eigenvalue weighted by Gasteiger charge is -2.43. The van der Waals surface area contributed by atoms with E-state index in [-0.39, 0.29) is 0 Å². The number of nitrogens with zero attached hydrogens (tertiary/aromatic N) is 20. The van der Waals surface area contributed by atoms with Crippen LogP contribution in [0.2, 0.25) is 0 Å². The van der Waals surface area contributed by atoms with Gasteiger partial charge < -0.3 is 0 Å². The molecule has 78 heavy (non-hydrogen) atoms. The highest BCUT2D eigenvalue weighted by molar-refractivity contribution is 4.97. The van der Waals surface area contributed by atoms with E-state index in [2.05, 4.69) is 163 Å². The first-order chi connectivity index (χ1) is 37.7. The molecule has 5 fully saturated rings. The van der Waals surface area contributed by atoms with Crippen LogP contribution in [0.4, 0.5) is 0 Å². The third-order valence-corrected chi connectivity index (χ3v) is 13.8. The second-order valence-corrected chi connectivity index (χ2v) is 20.1. The summed E-state index contributed by atoms with van der Waals surface area (Å²) < 4.78 is 0. The first-order valence-corrected chi connectivity index (χ1v) is 27.0. The SMILES string of the molecule is C#CCCN1CN(CCC#N)CN(CCC#N)C1.C#CCN1CC(C)CN(CC#N)C1C.C#CCN1CC(N(CC)CC)CN(CC#N)C1.C#CCN1CN(CC#N)C(C)CC1C.C#CCN1CN(CC#N)CN(CC#N)C1. The summed E-state index contributed by atoms with van der Waals surface area (Å²) in [6, 6.07) is 16.6. The van der Waals surface area contributed by atoms with Gasteiger partial charge in [-0.3, -0.25) is 63.7 Å². The lowest BCUT2D eigenvalue weighted by Crippen LogP contribution is -2.57. The summed E-state index contributed by atoms with van der Waals surface area (Å²) in [5.41, 5.74) is 0. The van der Waals surface area contributed by atoms with Crippen molar-refractivity contribution in [1.82, 2.24) is 63.7 Å². The van der Waals surface area contributed by atoms with Crippen LogP contribution < -0.4 is 0 Å². The van der Waals surface area contributed by atoms with Crippen LogP contribution in [0.1, 0.15) is 67.2 Å². The monoisotopic (exact) mass is 1060 g/mol. The highest BCUT2D eigenvalue weighted by Crippen LogP contribution is 2.19. The second-order valence-electron chi connectivity index (χ2n) is 20.1. The summed E-state index contributed by atoms with van der Waals surface area (Å²) in [4.78, 5) is 28.3. The molecule has 5 aliphatic rings. The molecule has 0 aliphatic carbocycles. The van der Waals surface area contributed by atoms with Crippen molar-refractivity contribution in [2.24, 2.45) is 5.92 Å². The number of hydrogen-bond donors (Lipinski definition) is 0. The number of hydrogen-bond acceptors (Lipinski definition) is 20. The Labute approximate surface area is 471 Å². The molecule has 0 radical (unpaired) electrons. The quantitative estimate of drug-likeness (QED) is 0.142. The Morgan fingerprint density at radius 3 is 1.14 bits per heavy atom. The largest absolute Gasteiger partial charge is 0.298 e. The molecule has 5 heterocycles. The molecule has 0 spiro atoms.